The Morgan fingerprint density at radius 1 is 1.53 bits per heavy atom. The van der Waals surface area contributed by atoms with Crippen LogP contribution in [0.25, 0.3) is 0 Å². The minimum atomic E-state index is -0.0482. The summed E-state index contributed by atoms with van der Waals surface area (Å²) in [4.78, 5) is 13.8. The maximum atomic E-state index is 11.4. The maximum absolute atomic E-state index is 11.4. The molecule has 88 valence electrons. The number of amides is 2. The minimum absolute atomic E-state index is 0.0482. The number of carbonyl (C=O) groups is 1. The lowest BCUT2D eigenvalue weighted by Crippen LogP contribution is -2.45. The van der Waals surface area contributed by atoms with Crippen LogP contribution in [0, 0.1) is 0 Å². The number of nitrogens with zero attached hydrogens (tertiary/aromatic N) is 1. The van der Waals surface area contributed by atoms with Crippen LogP contribution in [0.2, 0.25) is 0 Å². The van der Waals surface area contributed by atoms with E-state index in [1.807, 2.05) is 13.8 Å². The third-order valence-electron chi connectivity index (χ3n) is 2.82. The second kappa shape index (κ2) is 5.95. The van der Waals surface area contributed by atoms with E-state index in [0.717, 1.165) is 13.1 Å². The zero-order chi connectivity index (χ0) is 11.3. The van der Waals surface area contributed by atoms with Crippen molar-refractivity contribution in [1.82, 2.24) is 15.5 Å². The lowest BCUT2D eigenvalue weighted by Gasteiger charge is -2.23. The van der Waals surface area contributed by atoms with E-state index in [4.69, 9.17) is 0 Å². The zero-order valence-electron chi connectivity index (χ0n) is 10.0. The van der Waals surface area contributed by atoms with Crippen molar-refractivity contribution in [3.8, 4) is 0 Å². The van der Waals surface area contributed by atoms with Crippen molar-refractivity contribution < 1.29 is 4.79 Å². The van der Waals surface area contributed by atoms with Gasteiger partial charge in [0, 0.05) is 18.6 Å². The lowest BCUT2D eigenvalue weighted by atomic mass is 10.2. The molecule has 1 unspecified atom stereocenters. The molecule has 0 aliphatic carbocycles. The van der Waals surface area contributed by atoms with Crippen molar-refractivity contribution in [2.45, 2.75) is 45.7 Å². The van der Waals surface area contributed by atoms with Crippen LogP contribution in [0.3, 0.4) is 0 Å². The molecule has 1 aliphatic rings. The third kappa shape index (κ3) is 4.08. The van der Waals surface area contributed by atoms with Crippen LogP contribution in [0.15, 0.2) is 0 Å². The van der Waals surface area contributed by atoms with Gasteiger partial charge in [0.2, 0.25) is 0 Å². The first-order chi connectivity index (χ1) is 7.13. The molecule has 0 aromatic heterocycles. The Bertz CT molecular complexity index is 206. The van der Waals surface area contributed by atoms with Crippen molar-refractivity contribution in [1.29, 1.82) is 0 Å². The van der Waals surface area contributed by atoms with Crippen LogP contribution < -0.4 is 10.6 Å². The average Bonchev–Trinajstić information content (AvgIpc) is 2.60. The molecule has 1 atom stereocenters. The van der Waals surface area contributed by atoms with Gasteiger partial charge in [0.25, 0.3) is 0 Å². The number of hydrogen-bond acceptors (Lipinski definition) is 2. The van der Waals surface area contributed by atoms with Crippen molar-refractivity contribution in [3.05, 3.63) is 0 Å². The van der Waals surface area contributed by atoms with Gasteiger partial charge in [0.05, 0.1) is 0 Å². The molecule has 0 aromatic rings. The second-order valence-corrected chi connectivity index (χ2v) is 4.43. The summed E-state index contributed by atoms with van der Waals surface area (Å²) in [5.74, 6) is 0. The van der Waals surface area contributed by atoms with Gasteiger partial charge in [-0.2, -0.15) is 0 Å². The highest BCUT2D eigenvalue weighted by molar-refractivity contribution is 5.74. The number of rotatable bonds is 4. The first kappa shape index (κ1) is 12.3. The van der Waals surface area contributed by atoms with Crippen LogP contribution in [-0.2, 0) is 0 Å². The molecule has 1 heterocycles. The van der Waals surface area contributed by atoms with Gasteiger partial charge >= 0.3 is 6.03 Å². The summed E-state index contributed by atoms with van der Waals surface area (Å²) in [6.07, 6.45) is 2.46. The Balaban J connectivity index is 2.21. The highest BCUT2D eigenvalue weighted by atomic mass is 16.2. The zero-order valence-corrected chi connectivity index (χ0v) is 10.0. The van der Waals surface area contributed by atoms with Crippen LogP contribution >= 0.6 is 0 Å². The molecule has 0 aromatic carbocycles. The molecule has 0 radical (unpaired) electrons. The predicted molar refractivity (Wildman–Crippen MR) is 61.9 cm³/mol. The summed E-state index contributed by atoms with van der Waals surface area (Å²) in [5.41, 5.74) is 0. The van der Waals surface area contributed by atoms with E-state index in [1.54, 1.807) is 0 Å². The largest absolute Gasteiger partial charge is 0.337 e. The van der Waals surface area contributed by atoms with Gasteiger partial charge in [-0.05, 0) is 39.8 Å². The topological polar surface area (TPSA) is 44.4 Å². The smallest absolute Gasteiger partial charge is 0.315 e. The molecule has 2 amide bonds. The molecule has 0 bridgehead atoms. The fourth-order valence-electron chi connectivity index (χ4n) is 2.07. The average molecular weight is 213 g/mol. The van der Waals surface area contributed by atoms with E-state index in [9.17, 15) is 4.79 Å². The van der Waals surface area contributed by atoms with Gasteiger partial charge in [-0.25, -0.2) is 4.79 Å². The summed E-state index contributed by atoms with van der Waals surface area (Å²) in [6.45, 7) is 9.13. The molecule has 0 saturated carbocycles. The molecule has 1 aliphatic heterocycles. The Kier molecular flexibility index (Phi) is 4.88. The molecule has 4 heteroatoms. The van der Waals surface area contributed by atoms with Gasteiger partial charge < -0.3 is 10.6 Å². The molecule has 1 fully saturated rings. The number of hydrogen-bond donors (Lipinski definition) is 2. The van der Waals surface area contributed by atoms with Crippen molar-refractivity contribution in [2.24, 2.45) is 0 Å². The van der Waals surface area contributed by atoms with Gasteiger partial charge in [-0.3, -0.25) is 4.90 Å². The molecule has 2 N–H and O–H groups in total. The number of carbonyl (C=O) groups excluding carboxylic acids is 1. The number of likely N-dealkylation sites (N-methyl/N-ethyl adjacent to an activating group) is 1. The fourth-order valence-corrected chi connectivity index (χ4v) is 2.07. The second-order valence-electron chi connectivity index (χ2n) is 4.43. The van der Waals surface area contributed by atoms with E-state index in [0.29, 0.717) is 6.04 Å². The molecule has 4 nitrogen and oxygen atoms in total. The Morgan fingerprint density at radius 2 is 2.27 bits per heavy atom. The number of urea groups is 1. The normalized spacial score (nSPS) is 22.0. The van der Waals surface area contributed by atoms with Crippen LogP contribution in [0.4, 0.5) is 4.79 Å². The van der Waals surface area contributed by atoms with Crippen molar-refractivity contribution >= 4 is 6.03 Å². The van der Waals surface area contributed by atoms with E-state index < -0.39 is 0 Å². The Labute approximate surface area is 92.4 Å². The first-order valence-corrected chi connectivity index (χ1v) is 5.92. The number of nitrogens with one attached hydrogen (secondary N) is 2. The van der Waals surface area contributed by atoms with Crippen LogP contribution in [0.1, 0.15) is 33.6 Å². The molecular weight excluding hydrogens is 190 g/mol. The summed E-state index contributed by atoms with van der Waals surface area (Å²) in [7, 11) is 0. The van der Waals surface area contributed by atoms with E-state index in [2.05, 4.69) is 22.5 Å². The first-order valence-electron chi connectivity index (χ1n) is 5.92. The summed E-state index contributed by atoms with van der Waals surface area (Å²) in [5, 5.41) is 5.76. The molecular formula is C11H23N3O. The van der Waals surface area contributed by atoms with Gasteiger partial charge in [0.15, 0.2) is 0 Å². The van der Waals surface area contributed by atoms with Crippen molar-refractivity contribution in [3.63, 3.8) is 0 Å². The van der Waals surface area contributed by atoms with Crippen LogP contribution in [0.5, 0.6) is 0 Å². The lowest BCUT2D eigenvalue weighted by molar-refractivity contribution is 0.227. The quantitative estimate of drug-likeness (QED) is 0.736. The minimum Gasteiger partial charge on any atom is -0.337 e. The summed E-state index contributed by atoms with van der Waals surface area (Å²) >= 11 is 0. The molecule has 15 heavy (non-hydrogen) atoms. The van der Waals surface area contributed by atoms with Crippen molar-refractivity contribution in [2.75, 3.05) is 19.6 Å². The van der Waals surface area contributed by atoms with Crippen LogP contribution in [-0.4, -0.2) is 42.6 Å². The SMILES string of the molecule is CCN1CCCC1CNC(=O)NC(C)C. The monoisotopic (exact) mass is 213 g/mol. The highest BCUT2D eigenvalue weighted by Crippen LogP contribution is 2.15. The molecule has 0 spiro atoms. The molecule has 1 rings (SSSR count). The third-order valence-corrected chi connectivity index (χ3v) is 2.82. The fraction of sp³-hybridized carbons (Fsp3) is 0.909. The Morgan fingerprint density at radius 3 is 2.87 bits per heavy atom. The van der Waals surface area contributed by atoms with Gasteiger partial charge in [-0.1, -0.05) is 6.92 Å². The maximum Gasteiger partial charge on any atom is 0.315 e. The molecule has 1 saturated heterocycles. The number of likely N-dealkylation sites (tertiary alicyclic amines) is 1. The Hall–Kier alpha value is -0.770. The van der Waals surface area contributed by atoms with E-state index in [1.165, 1.54) is 19.4 Å². The van der Waals surface area contributed by atoms with Gasteiger partial charge in [0.1, 0.15) is 0 Å². The highest BCUT2D eigenvalue weighted by Gasteiger charge is 2.22. The standard InChI is InChI=1S/C11H23N3O/c1-4-14-7-5-6-10(14)8-12-11(15)13-9(2)3/h9-10H,4-8H2,1-3H3,(H2,12,13,15). The summed E-state index contributed by atoms with van der Waals surface area (Å²) < 4.78 is 0. The van der Waals surface area contributed by atoms with Gasteiger partial charge in [-0.15, -0.1) is 0 Å². The predicted octanol–water partition coefficient (Wildman–Crippen LogP) is 1.18. The summed E-state index contributed by atoms with van der Waals surface area (Å²) in [6, 6.07) is 0.691. The van der Waals surface area contributed by atoms with E-state index in [-0.39, 0.29) is 12.1 Å². The van der Waals surface area contributed by atoms with E-state index >= 15 is 0 Å².